The molecular weight excluding hydrogens is 224 g/mol. The van der Waals surface area contributed by atoms with Crippen molar-refractivity contribution in [3.05, 3.63) is 29.6 Å². The van der Waals surface area contributed by atoms with Crippen LogP contribution in [0.3, 0.4) is 0 Å². The van der Waals surface area contributed by atoms with Crippen LogP contribution in [-0.2, 0) is 6.54 Å². The maximum absolute atomic E-state index is 10.00. The van der Waals surface area contributed by atoms with Gasteiger partial charge in [0, 0.05) is 25.0 Å². The average Bonchev–Trinajstić information content (AvgIpc) is 2.35. The summed E-state index contributed by atoms with van der Waals surface area (Å²) >= 11 is 0. The molecule has 2 atom stereocenters. The van der Waals surface area contributed by atoms with Crippen LogP contribution in [0.1, 0.15) is 36.9 Å². The van der Waals surface area contributed by atoms with Crippen LogP contribution >= 0.6 is 0 Å². The first-order valence-corrected chi connectivity index (χ1v) is 6.94. The van der Waals surface area contributed by atoms with Gasteiger partial charge in [-0.1, -0.05) is 18.9 Å². The van der Waals surface area contributed by atoms with E-state index in [0.29, 0.717) is 5.92 Å². The first kappa shape index (κ1) is 13.5. The zero-order valence-electron chi connectivity index (χ0n) is 11.5. The van der Waals surface area contributed by atoms with Crippen LogP contribution in [0.15, 0.2) is 18.3 Å². The van der Waals surface area contributed by atoms with Crippen LogP contribution in [-0.4, -0.2) is 34.7 Å². The van der Waals surface area contributed by atoms with Crippen molar-refractivity contribution in [2.24, 2.45) is 5.92 Å². The second-order valence-corrected chi connectivity index (χ2v) is 5.56. The fourth-order valence-corrected chi connectivity index (χ4v) is 2.84. The van der Waals surface area contributed by atoms with Crippen LogP contribution in [0.5, 0.6) is 0 Å². The number of rotatable bonds is 4. The minimum atomic E-state index is -0.101. The van der Waals surface area contributed by atoms with Crippen molar-refractivity contribution in [3.8, 4) is 0 Å². The molecule has 1 N–H and O–H groups in total. The van der Waals surface area contributed by atoms with Gasteiger partial charge in [-0.3, -0.25) is 4.98 Å². The Kier molecular flexibility index (Phi) is 4.72. The molecule has 1 fully saturated rings. The lowest BCUT2D eigenvalue weighted by molar-refractivity contribution is 0.0501. The molecule has 2 unspecified atom stereocenters. The highest BCUT2D eigenvalue weighted by atomic mass is 16.3. The lowest BCUT2D eigenvalue weighted by Crippen LogP contribution is -2.34. The van der Waals surface area contributed by atoms with Crippen LogP contribution in [0.4, 0.5) is 0 Å². The Morgan fingerprint density at radius 2 is 2.17 bits per heavy atom. The number of aliphatic hydroxyl groups is 1. The molecular formula is C15H24N2O. The Labute approximate surface area is 110 Å². The first-order chi connectivity index (χ1) is 8.66. The second-order valence-electron chi connectivity index (χ2n) is 5.56. The summed E-state index contributed by atoms with van der Waals surface area (Å²) in [7, 11) is 2.13. The summed E-state index contributed by atoms with van der Waals surface area (Å²) < 4.78 is 0. The molecule has 0 amide bonds. The molecule has 1 saturated carbocycles. The van der Waals surface area contributed by atoms with E-state index in [-0.39, 0.29) is 6.10 Å². The Balaban J connectivity index is 1.88. The van der Waals surface area contributed by atoms with E-state index in [4.69, 9.17) is 0 Å². The molecule has 100 valence electrons. The van der Waals surface area contributed by atoms with Gasteiger partial charge >= 0.3 is 0 Å². The summed E-state index contributed by atoms with van der Waals surface area (Å²) in [6.45, 7) is 3.96. The molecule has 0 radical (unpaired) electrons. The van der Waals surface area contributed by atoms with Crippen molar-refractivity contribution in [2.45, 2.75) is 45.3 Å². The summed E-state index contributed by atoms with van der Waals surface area (Å²) in [4.78, 5) is 6.63. The maximum atomic E-state index is 10.00. The van der Waals surface area contributed by atoms with Gasteiger partial charge in [0.2, 0.25) is 0 Å². The Bertz CT molecular complexity index is 381. The van der Waals surface area contributed by atoms with Gasteiger partial charge in [0.15, 0.2) is 0 Å². The Morgan fingerprint density at radius 3 is 2.89 bits per heavy atom. The van der Waals surface area contributed by atoms with E-state index in [9.17, 15) is 5.11 Å². The van der Waals surface area contributed by atoms with Gasteiger partial charge in [-0.15, -0.1) is 0 Å². The molecule has 0 saturated heterocycles. The van der Waals surface area contributed by atoms with Crippen molar-refractivity contribution >= 4 is 0 Å². The summed E-state index contributed by atoms with van der Waals surface area (Å²) in [5.74, 6) is 0.445. The molecule has 3 nitrogen and oxygen atoms in total. The standard InChI is InChI=1S/C15H24N2O/c1-12-13(7-5-9-16-12)10-17(2)11-14-6-3-4-8-15(14)18/h5,7,9,14-15,18H,3-4,6,8,10-11H2,1-2H3. The van der Waals surface area contributed by atoms with Crippen molar-refractivity contribution in [2.75, 3.05) is 13.6 Å². The molecule has 0 aromatic carbocycles. The predicted octanol–water partition coefficient (Wildman–Crippen LogP) is 2.37. The highest BCUT2D eigenvalue weighted by Crippen LogP contribution is 2.25. The topological polar surface area (TPSA) is 36.4 Å². The Hall–Kier alpha value is -0.930. The van der Waals surface area contributed by atoms with E-state index in [2.05, 4.69) is 29.9 Å². The van der Waals surface area contributed by atoms with Gasteiger partial charge in [0.25, 0.3) is 0 Å². The molecule has 18 heavy (non-hydrogen) atoms. The van der Waals surface area contributed by atoms with Crippen molar-refractivity contribution in [1.29, 1.82) is 0 Å². The number of aryl methyl sites for hydroxylation is 1. The number of aliphatic hydroxyl groups excluding tert-OH is 1. The third kappa shape index (κ3) is 3.53. The zero-order valence-corrected chi connectivity index (χ0v) is 11.5. The summed E-state index contributed by atoms with van der Waals surface area (Å²) in [6, 6.07) is 4.13. The lowest BCUT2D eigenvalue weighted by Gasteiger charge is -2.31. The lowest BCUT2D eigenvalue weighted by atomic mass is 9.86. The molecule has 0 spiro atoms. The normalized spacial score (nSPS) is 24.4. The van der Waals surface area contributed by atoms with Gasteiger partial charge in [0.1, 0.15) is 0 Å². The summed E-state index contributed by atoms with van der Waals surface area (Å²) in [5, 5.41) is 10.00. The number of pyridine rings is 1. The summed E-state index contributed by atoms with van der Waals surface area (Å²) in [5.41, 5.74) is 2.39. The van der Waals surface area contributed by atoms with Gasteiger partial charge in [-0.2, -0.15) is 0 Å². The quantitative estimate of drug-likeness (QED) is 0.888. The van der Waals surface area contributed by atoms with E-state index in [0.717, 1.165) is 31.6 Å². The zero-order chi connectivity index (χ0) is 13.0. The fraction of sp³-hybridized carbons (Fsp3) is 0.667. The highest BCUT2D eigenvalue weighted by molar-refractivity contribution is 5.17. The van der Waals surface area contributed by atoms with Crippen LogP contribution in [0.2, 0.25) is 0 Å². The third-order valence-electron chi connectivity index (χ3n) is 3.97. The van der Waals surface area contributed by atoms with Crippen LogP contribution in [0, 0.1) is 12.8 Å². The van der Waals surface area contributed by atoms with E-state index in [1.165, 1.54) is 18.4 Å². The SMILES string of the molecule is Cc1ncccc1CN(C)CC1CCCCC1O. The van der Waals surface area contributed by atoms with Crippen LogP contribution in [0.25, 0.3) is 0 Å². The van der Waals surface area contributed by atoms with Gasteiger partial charge < -0.3 is 10.0 Å². The number of nitrogens with zero attached hydrogens (tertiary/aromatic N) is 2. The van der Waals surface area contributed by atoms with Gasteiger partial charge in [-0.05, 0) is 44.4 Å². The van der Waals surface area contributed by atoms with Crippen molar-refractivity contribution < 1.29 is 5.11 Å². The molecule has 0 bridgehead atoms. The van der Waals surface area contributed by atoms with Gasteiger partial charge in [0.05, 0.1) is 6.10 Å². The van der Waals surface area contributed by atoms with Gasteiger partial charge in [-0.25, -0.2) is 0 Å². The number of hydrogen-bond acceptors (Lipinski definition) is 3. The first-order valence-electron chi connectivity index (χ1n) is 6.94. The molecule has 3 heteroatoms. The minimum Gasteiger partial charge on any atom is -0.393 e. The van der Waals surface area contributed by atoms with Crippen molar-refractivity contribution in [1.82, 2.24) is 9.88 Å². The minimum absolute atomic E-state index is 0.101. The average molecular weight is 248 g/mol. The molecule has 1 aliphatic rings. The highest BCUT2D eigenvalue weighted by Gasteiger charge is 2.24. The Morgan fingerprint density at radius 1 is 1.39 bits per heavy atom. The number of aromatic nitrogens is 1. The fourth-order valence-electron chi connectivity index (χ4n) is 2.84. The monoisotopic (exact) mass is 248 g/mol. The molecule has 0 aliphatic heterocycles. The van der Waals surface area contributed by atoms with E-state index < -0.39 is 0 Å². The number of hydrogen-bond donors (Lipinski definition) is 1. The molecule has 1 heterocycles. The van der Waals surface area contributed by atoms with Crippen LogP contribution < -0.4 is 0 Å². The summed E-state index contributed by atoms with van der Waals surface area (Å²) in [6.07, 6.45) is 6.33. The van der Waals surface area contributed by atoms with Crippen molar-refractivity contribution in [3.63, 3.8) is 0 Å². The molecule has 1 aromatic heterocycles. The molecule has 1 aliphatic carbocycles. The molecule has 2 rings (SSSR count). The van der Waals surface area contributed by atoms with E-state index in [1.807, 2.05) is 12.3 Å². The third-order valence-corrected chi connectivity index (χ3v) is 3.97. The smallest absolute Gasteiger partial charge is 0.0580 e. The second kappa shape index (κ2) is 6.30. The van der Waals surface area contributed by atoms with E-state index in [1.54, 1.807) is 0 Å². The largest absolute Gasteiger partial charge is 0.393 e. The maximum Gasteiger partial charge on any atom is 0.0580 e. The molecule has 1 aromatic rings. The predicted molar refractivity (Wildman–Crippen MR) is 73.3 cm³/mol. The van der Waals surface area contributed by atoms with E-state index >= 15 is 0 Å².